The van der Waals surface area contributed by atoms with E-state index in [1.54, 1.807) is 44.4 Å². The van der Waals surface area contributed by atoms with E-state index in [4.69, 9.17) is 4.74 Å². The van der Waals surface area contributed by atoms with Crippen LogP contribution in [0.15, 0.2) is 77.7 Å². The molecule has 0 aliphatic heterocycles. The van der Waals surface area contributed by atoms with E-state index in [9.17, 15) is 13.2 Å². The Bertz CT molecular complexity index is 1400. The number of ether oxygens (including phenoxy) is 1. The molecule has 0 atom stereocenters. The van der Waals surface area contributed by atoms with E-state index in [0.717, 1.165) is 21.3 Å². The summed E-state index contributed by atoms with van der Waals surface area (Å²) in [5.41, 5.74) is 1.97. The molecule has 8 heteroatoms. The Morgan fingerprint density at radius 3 is 2.44 bits per heavy atom. The fraction of sp³-hybridized carbons (Fsp3) is 0.125. The van der Waals surface area contributed by atoms with Gasteiger partial charge in [0.25, 0.3) is 15.9 Å². The molecule has 0 bridgehead atoms. The first-order valence-corrected chi connectivity index (χ1v) is 12.1. The maximum absolute atomic E-state index is 13.2. The molecule has 1 N–H and O–H groups in total. The molecule has 0 radical (unpaired) electrons. The van der Waals surface area contributed by atoms with Gasteiger partial charge in [-0.15, -0.1) is 11.3 Å². The van der Waals surface area contributed by atoms with E-state index in [-0.39, 0.29) is 10.8 Å². The Hall–Kier alpha value is -3.36. The maximum atomic E-state index is 13.2. The van der Waals surface area contributed by atoms with Crippen LogP contribution in [-0.4, -0.2) is 28.5 Å². The number of para-hydroxylation sites is 1. The summed E-state index contributed by atoms with van der Waals surface area (Å²) in [4.78, 5) is 13.4. The highest BCUT2D eigenvalue weighted by Gasteiger charge is 2.23. The number of sulfonamides is 1. The van der Waals surface area contributed by atoms with Crippen LogP contribution in [0.5, 0.6) is 5.75 Å². The topological polar surface area (TPSA) is 75.7 Å². The van der Waals surface area contributed by atoms with Crippen LogP contribution in [0.4, 0.5) is 11.4 Å². The molecular weight excluding hydrogens is 444 g/mol. The van der Waals surface area contributed by atoms with Crippen LogP contribution < -0.4 is 14.4 Å². The summed E-state index contributed by atoms with van der Waals surface area (Å²) < 4.78 is 33.7. The highest BCUT2D eigenvalue weighted by atomic mass is 32.2. The minimum absolute atomic E-state index is 0.187. The fourth-order valence-corrected chi connectivity index (χ4v) is 5.57. The molecule has 0 saturated carbocycles. The lowest BCUT2D eigenvalue weighted by Gasteiger charge is -2.20. The summed E-state index contributed by atoms with van der Waals surface area (Å²) in [6.07, 6.45) is 0. The molecule has 0 saturated heterocycles. The molecule has 32 heavy (non-hydrogen) atoms. The first-order chi connectivity index (χ1) is 15.3. The molecule has 0 aliphatic carbocycles. The van der Waals surface area contributed by atoms with Crippen molar-refractivity contribution in [3.8, 4) is 5.75 Å². The third-order valence-corrected chi connectivity index (χ3v) is 8.04. The van der Waals surface area contributed by atoms with E-state index in [1.807, 2.05) is 36.4 Å². The monoisotopic (exact) mass is 466 g/mol. The number of methoxy groups -OCH3 is 1. The molecule has 1 heterocycles. The minimum Gasteiger partial charge on any atom is -0.496 e. The maximum Gasteiger partial charge on any atom is 0.265 e. The summed E-state index contributed by atoms with van der Waals surface area (Å²) in [5.74, 6) is 0.432. The number of hydrogen-bond donors (Lipinski definition) is 1. The standard InChI is InChI=1S/C24H22N2O4S2/c1-16-13-20(10-11-21(16)30-3)32(28,29)26(2)19-9-12-22-17(14-19)15-23(31-22)24(27)25-18-7-5-4-6-8-18/h4-15H,1-3H3,(H,25,27). The number of benzene rings is 3. The molecule has 1 amide bonds. The lowest BCUT2D eigenvalue weighted by Crippen LogP contribution is -2.26. The van der Waals surface area contributed by atoms with Crippen LogP contribution in [0, 0.1) is 6.92 Å². The van der Waals surface area contributed by atoms with Crippen molar-refractivity contribution in [1.29, 1.82) is 0 Å². The molecule has 164 valence electrons. The third-order valence-electron chi connectivity index (χ3n) is 5.14. The van der Waals surface area contributed by atoms with Gasteiger partial charge >= 0.3 is 0 Å². The van der Waals surface area contributed by atoms with Gasteiger partial charge in [0.05, 0.1) is 22.6 Å². The zero-order valence-electron chi connectivity index (χ0n) is 17.8. The van der Waals surface area contributed by atoms with Crippen LogP contribution in [0.3, 0.4) is 0 Å². The Balaban J connectivity index is 1.62. The number of carbonyl (C=O) groups is 1. The normalized spacial score (nSPS) is 11.3. The van der Waals surface area contributed by atoms with Gasteiger partial charge in [-0.1, -0.05) is 18.2 Å². The molecule has 4 aromatic rings. The van der Waals surface area contributed by atoms with Crippen molar-refractivity contribution in [3.63, 3.8) is 0 Å². The number of anilines is 2. The predicted octanol–water partition coefficient (Wildman–Crippen LogP) is 5.30. The highest BCUT2D eigenvalue weighted by molar-refractivity contribution is 7.92. The van der Waals surface area contributed by atoms with Gasteiger partial charge in [-0.2, -0.15) is 0 Å². The van der Waals surface area contributed by atoms with E-state index < -0.39 is 10.0 Å². The van der Waals surface area contributed by atoms with Gasteiger partial charge in [0, 0.05) is 17.4 Å². The SMILES string of the molecule is COc1ccc(S(=O)(=O)N(C)c2ccc3sc(C(=O)Nc4ccccc4)cc3c2)cc1C. The number of rotatable bonds is 6. The first kappa shape index (κ1) is 21.9. The largest absolute Gasteiger partial charge is 0.496 e. The quantitative estimate of drug-likeness (QED) is 0.419. The number of carbonyl (C=O) groups excluding carboxylic acids is 1. The van der Waals surface area contributed by atoms with Crippen LogP contribution >= 0.6 is 11.3 Å². The van der Waals surface area contributed by atoms with Crippen molar-refractivity contribution in [3.05, 3.63) is 83.2 Å². The summed E-state index contributed by atoms with van der Waals surface area (Å²) in [5, 5.41) is 3.68. The number of amides is 1. The van der Waals surface area contributed by atoms with Crippen molar-refractivity contribution < 1.29 is 17.9 Å². The molecule has 6 nitrogen and oxygen atoms in total. The Morgan fingerprint density at radius 2 is 1.75 bits per heavy atom. The number of aryl methyl sites for hydroxylation is 1. The summed E-state index contributed by atoms with van der Waals surface area (Å²) in [6.45, 7) is 1.80. The number of nitrogens with one attached hydrogen (secondary N) is 1. The van der Waals surface area contributed by atoms with Gasteiger partial charge in [0.15, 0.2) is 0 Å². The van der Waals surface area contributed by atoms with Crippen molar-refractivity contribution >= 4 is 48.7 Å². The lowest BCUT2D eigenvalue weighted by molar-refractivity contribution is 0.103. The van der Waals surface area contributed by atoms with E-state index in [2.05, 4.69) is 5.32 Å². The van der Waals surface area contributed by atoms with E-state index in [1.165, 1.54) is 28.8 Å². The van der Waals surface area contributed by atoms with Gasteiger partial charge < -0.3 is 10.1 Å². The zero-order chi connectivity index (χ0) is 22.9. The second-order valence-electron chi connectivity index (χ2n) is 7.26. The zero-order valence-corrected chi connectivity index (χ0v) is 19.5. The average molecular weight is 467 g/mol. The van der Waals surface area contributed by atoms with Crippen molar-refractivity contribution in [1.82, 2.24) is 0 Å². The molecule has 0 unspecified atom stereocenters. The van der Waals surface area contributed by atoms with Gasteiger partial charge in [0.1, 0.15) is 5.75 Å². The molecular formula is C24H22N2O4S2. The second-order valence-corrected chi connectivity index (χ2v) is 10.3. The Kier molecular flexibility index (Phi) is 5.90. The number of fused-ring (bicyclic) bond motifs is 1. The summed E-state index contributed by atoms with van der Waals surface area (Å²) in [7, 11) is -0.688. The van der Waals surface area contributed by atoms with Crippen LogP contribution in [0.1, 0.15) is 15.2 Å². The van der Waals surface area contributed by atoms with Crippen molar-refractivity contribution in [2.45, 2.75) is 11.8 Å². The Morgan fingerprint density at radius 1 is 1.00 bits per heavy atom. The number of thiophene rings is 1. The lowest BCUT2D eigenvalue weighted by atomic mass is 10.2. The first-order valence-electron chi connectivity index (χ1n) is 9.83. The van der Waals surface area contributed by atoms with Crippen molar-refractivity contribution in [2.75, 3.05) is 23.8 Å². The smallest absolute Gasteiger partial charge is 0.265 e. The van der Waals surface area contributed by atoms with Crippen LogP contribution in [-0.2, 0) is 10.0 Å². The number of nitrogens with zero attached hydrogens (tertiary/aromatic N) is 1. The third kappa shape index (κ3) is 4.19. The summed E-state index contributed by atoms with van der Waals surface area (Å²) >= 11 is 1.36. The molecule has 0 aliphatic rings. The molecule has 0 spiro atoms. The van der Waals surface area contributed by atoms with Gasteiger partial charge in [-0.05, 0) is 72.5 Å². The predicted molar refractivity (Wildman–Crippen MR) is 130 cm³/mol. The van der Waals surface area contributed by atoms with Gasteiger partial charge in [0.2, 0.25) is 0 Å². The highest BCUT2D eigenvalue weighted by Crippen LogP contribution is 2.32. The molecule has 4 rings (SSSR count). The minimum atomic E-state index is -3.76. The molecule has 1 aromatic heterocycles. The molecule has 3 aromatic carbocycles. The summed E-state index contributed by atoms with van der Waals surface area (Å²) in [6, 6.07) is 21.1. The van der Waals surface area contributed by atoms with Crippen LogP contribution in [0.2, 0.25) is 0 Å². The molecule has 0 fully saturated rings. The number of hydrogen-bond acceptors (Lipinski definition) is 5. The fourth-order valence-electron chi connectivity index (χ4n) is 3.36. The van der Waals surface area contributed by atoms with Crippen molar-refractivity contribution in [2.24, 2.45) is 0 Å². The average Bonchev–Trinajstić information content (AvgIpc) is 3.22. The van der Waals surface area contributed by atoms with Crippen LogP contribution in [0.25, 0.3) is 10.1 Å². The Labute approximate surface area is 191 Å². The van der Waals surface area contributed by atoms with Gasteiger partial charge in [-0.3, -0.25) is 9.10 Å². The van der Waals surface area contributed by atoms with E-state index in [0.29, 0.717) is 16.3 Å². The second kappa shape index (κ2) is 8.64. The van der Waals surface area contributed by atoms with E-state index >= 15 is 0 Å². The van der Waals surface area contributed by atoms with Gasteiger partial charge in [-0.25, -0.2) is 8.42 Å².